The zero-order chi connectivity index (χ0) is 36.4. The summed E-state index contributed by atoms with van der Waals surface area (Å²) in [4.78, 5) is 24.3. The Morgan fingerprint density at radius 3 is 2.10 bits per heavy atom. The number of aliphatic carboxylic acids is 1. The first-order chi connectivity index (χ1) is 22.8. The number of unbranched alkanes of at least 4 members (excludes halogenated alkanes) is 2. The van der Waals surface area contributed by atoms with E-state index in [-0.39, 0.29) is 73.5 Å². The molecule has 0 unspecified atom stereocenters. The molecule has 0 atom stereocenters. The number of carboxylic acids is 1. The number of nitrogens with zero attached hydrogens (tertiary/aromatic N) is 2. The zero-order valence-electron chi connectivity index (χ0n) is 29.5. The molecule has 2 aliphatic heterocycles. The van der Waals surface area contributed by atoms with Gasteiger partial charge >= 0.3 is 57.4 Å². The van der Waals surface area contributed by atoms with Gasteiger partial charge in [0, 0.05) is 66.9 Å². The van der Waals surface area contributed by atoms with E-state index in [1.54, 1.807) is 12.1 Å². The van der Waals surface area contributed by atoms with Crippen molar-refractivity contribution in [3.05, 3.63) is 71.5 Å². The number of nitrogens with one attached hydrogen (secondary N) is 1. The van der Waals surface area contributed by atoms with Gasteiger partial charge in [0.05, 0.1) is 15.2 Å². The molecule has 2 aromatic carbocycles. The van der Waals surface area contributed by atoms with E-state index in [0.717, 1.165) is 41.2 Å². The first-order valence-corrected chi connectivity index (χ1v) is 19.1. The second kappa shape index (κ2) is 16.6. The van der Waals surface area contributed by atoms with Crippen molar-refractivity contribution >= 4 is 49.2 Å². The van der Waals surface area contributed by atoms with E-state index in [1.807, 2.05) is 52.8 Å². The minimum atomic E-state index is -4.68. The Labute approximate surface area is 337 Å². The van der Waals surface area contributed by atoms with Crippen LogP contribution in [0.15, 0.2) is 70.1 Å². The van der Waals surface area contributed by atoms with Gasteiger partial charge in [0.1, 0.15) is 26.8 Å². The SMILES string of the molecule is CCN1/C(=C/C=C/C2=[N+](CCCCCC(=O)NCCCC(=O)O)c3ccc(S(=O)(=O)[O-])cc3C2(C)C)C(C)(C)c2cc(S(=O)(=O)[O-])ccc21.[K+]. The van der Waals surface area contributed by atoms with Crippen molar-refractivity contribution in [2.45, 2.75) is 93.8 Å². The van der Waals surface area contributed by atoms with Crippen LogP contribution in [0.3, 0.4) is 0 Å². The minimum absolute atomic E-state index is 0. The summed E-state index contributed by atoms with van der Waals surface area (Å²) in [6.07, 6.45) is 8.61. The normalized spacial score (nSPS) is 17.2. The first kappa shape index (κ1) is 42.2. The molecular formula is C35H44KN3O9S2. The second-order valence-corrected chi connectivity index (χ2v) is 16.1. The molecule has 0 spiro atoms. The minimum Gasteiger partial charge on any atom is -0.744 e. The van der Waals surface area contributed by atoms with E-state index in [0.29, 0.717) is 44.5 Å². The smallest absolute Gasteiger partial charge is 0.744 e. The van der Waals surface area contributed by atoms with Crippen LogP contribution in [0.2, 0.25) is 0 Å². The van der Waals surface area contributed by atoms with Crippen molar-refractivity contribution < 1.29 is 96.6 Å². The summed E-state index contributed by atoms with van der Waals surface area (Å²) in [5.41, 5.74) is 3.54. The third-order valence-corrected chi connectivity index (χ3v) is 11.0. The van der Waals surface area contributed by atoms with Crippen LogP contribution in [0, 0.1) is 0 Å². The average molecular weight is 754 g/mol. The molecule has 50 heavy (non-hydrogen) atoms. The van der Waals surface area contributed by atoms with Crippen molar-refractivity contribution in [1.82, 2.24) is 5.32 Å². The number of anilines is 1. The van der Waals surface area contributed by atoms with Crippen LogP contribution in [0.1, 0.15) is 84.3 Å². The monoisotopic (exact) mass is 753 g/mol. The van der Waals surface area contributed by atoms with Crippen LogP contribution in [0.25, 0.3) is 0 Å². The summed E-state index contributed by atoms with van der Waals surface area (Å²) < 4.78 is 73.2. The fourth-order valence-electron chi connectivity index (χ4n) is 6.72. The third kappa shape index (κ3) is 9.41. The summed E-state index contributed by atoms with van der Waals surface area (Å²) in [6.45, 7) is 11.3. The Morgan fingerprint density at radius 2 is 1.50 bits per heavy atom. The van der Waals surface area contributed by atoms with Crippen LogP contribution < -0.4 is 61.6 Å². The average Bonchev–Trinajstić information content (AvgIpc) is 3.36. The number of rotatable bonds is 15. The van der Waals surface area contributed by atoms with E-state index >= 15 is 0 Å². The molecule has 2 aliphatic rings. The predicted molar refractivity (Wildman–Crippen MR) is 183 cm³/mol. The topological polar surface area (TPSA) is 187 Å². The van der Waals surface area contributed by atoms with Crippen molar-refractivity contribution in [2.24, 2.45) is 0 Å². The van der Waals surface area contributed by atoms with Crippen molar-refractivity contribution in [2.75, 3.05) is 24.5 Å². The Hall–Kier alpha value is -2.21. The summed E-state index contributed by atoms with van der Waals surface area (Å²) in [5.74, 6) is -1.03. The van der Waals surface area contributed by atoms with E-state index in [2.05, 4.69) is 14.8 Å². The van der Waals surface area contributed by atoms with E-state index in [4.69, 9.17) is 5.11 Å². The van der Waals surface area contributed by atoms with Gasteiger partial charge in [-0.1, -0.05) is 19.9 Å². The van der Waals surface area contributed by atoms with Gasteiger partial charge < -0.3 is 24.4 Å². The fraction of sp³-hybridized carbons (Fsp3) is 0.457. The molecule has 15 heteroatoms. The number of fused-ring (bicyclic) bond motifs is 2. The van der Waals surface area contributed by atoms with Gasteiger partial charge in [0.15, 0.2) is 5.71 Å². The predicted octanol–water partition coefficient (Wildman–Crippen LogP) is 1.67. The summed E-state index contributed by atoms with van der Waals surface area (Å²) in [5, 5.41) is 11.5. The summed E-state index contributed by atoms with van der Waals surface area (Å²) in [6, 6.07) is 8.85. The number of likely N-dealkylation sites (N-methyl/N-ethyl adjacent to an activating group) is 1. The van der Waals surface area contributed by atoms with E-state index in [9.17, 15) is 35.5 Å². The molecule has 0 aliphatic carbocycles. The molecule has 0 saturated heterocycles. The van der Waals surface area contributed by atoms with Gasteiger partial charge in [0.25, 0.3) is 0 Å². The number of allylic oxidation sites excluding steroid dienone is 4. The van der Waals surface area contributed by atoms with Gasteiger partial charge in [0.2, 0.25) is 11.6 Å². The molecule has 2 heterocycles. The number of carbonyl (C=O) groups excluding carboxylic acids is 1. The fourth-order valence-corrected chi connectivity index (χ4v) is 7.71. The molecule has 0 saturated carbocycles. The third-order valence-electron chi connectivity index (χ3n) is 9.30. The number of hydrogen-bond donors (Lipinski definition) is 2. The maximum absolute atomic E-state index is 12.2. The number of carbonyl (C=O) groups is 2. The Balaban J connectivity index is 0.00000676. The molecule has 266 valence electrons. The molecule has 0 aromatic heterocycles. The molecule has 1 amide bonds. The zero-order valence-corrected chi connectivity index (χ0v) is 34.2. The van der Waals surface area contributed by atoms with Crippen LogP contribution in [-0.2, 0) is 40.7 Å². The van der Waals surface area contributed by atoms with Gasteiger partial charge in [-0.05, 0) is 82.0 Å². The molecule has 4 rings (SSSR count). The van der Waals surface area contributed by atoms with Crippen molar-refractivity contribution in [3.8, 4) is 0 Å². The molecule has 0 fully saturated rings. The van der Waals surface area contributed by atoms with Crippen LogP contribution in [-0.4, -0.2) is 72.8 Å². The maximum Gasteiger partial charge on any atom is 1.00 e. The molecule has 12 nitrogen and oxygen atoms in total. The van der Waals surface area contributed by atoms with E-state index < -0.39 is 37.0 Å². The Bertz CT molecular complexity index is 1950. The Morgan fingerprint density at radius 1 is 0.880 bits per heavy atom. The van der Waals surface area contributed by atoms with Crippen molar-refractivity contribution in [1.29, 1.82) is 0 Å². The number of hydrogen-bond acceptors (Lipinski definition) is 9. The largest absolute Gasteiger partial charge is 1.00 e. The van der Waals surface area contributed by atoms with Gasteiger partial charge in [-0.2, -0.15) is 4.58 Å². The number of amides is 1. The maximum atomic E-state index is 12.2. The van der Waals surface area contributed by atoms with Crippen LogP contribution >= 0.6 is 0 Å². The summed E-state index contributed by atoms with van der Waals surface area (Å²) >= 11 is 0. The molecule has 2 N–H and O–H groups in total. The molecule has 0 bridgehead atoms. The standard InChI is InChI=1S/C35H45N3O9S2.K/c1-6-37-28-18-16-24(48(42,43)44)22-26(28)34(2,3)30(37)12-10-13-31-35(4,5)27-23-25(49(45,46)47)17-19-29(27)38(31)21-9-7-8-14-32(39)36-20-11-15-33(40)41;/h10,12-13,16-19,22-23H,6-9,11,14-15,20-21H2,1-5H3,(H3-,36,39,40,41,42,43,44,45,46,47);/q;+1/p-1. The Kier molecular flexibility index (Phi) is 14.0. The molecular weight excluding hydrogens is 710 g/mol. The quantitative estimate of drug-likeness (QED) is 0.117. The van der Waals surface area contributed by atoms with Gasteiger partial charge in [-0.25, -0.2) is 16.8 Å². The van der Waals surface area contributed by atoms with Gasteiger partial charge in [-0.3, -0.25) is 9.59 Å². The van der Waals surface area contributed by atoms with Crippen LogP contribution in [0.4, 0.5) is 11.4 Å². The molecule has 0 radical (unpaired) electrons. The number of benzene rings is 2. The first-order valence-electron chi connectivity index (χ1n) is 16.3. The molecule has 2 aromatic rings. The van der Waals surface area contributed by atoms with Crippen LogP contribution in [0.5, 0.6) is 0 Å². The van der Waals surface area contributed by atoms with Crippen molar-refractivity contribution in [3.63, 3.8) is 0 Å². The second-order valence-electron chi connectivity index (χ2n) is 13.4. The van der Waals surface area contributed by atoms with E-state index in [1.165, 1.54) is 24.3 Å². The number of carboxylic acid groups (broad SMARTS) is 1. The van der Waals surface area contributed by atoms with Gasteiger partial charge in [-0.15, -0.1) is 0 Å². The summed E-state index contributed by atoms with van der Waals surface area (Å²) in [7, 11) is -9.31.